The molecule has 2 N–H and O–H groups in total. The Morgan fingerprint density at radius 3 is 2.85 bits per heavy atom. The van der Waals surface area contributed by atoms with Crippen LogP contribution in [0.2, 0.25) is 0 Å². The summed E-state index contributed by atoms with van der Waals surface area (Å²) in [6.45, 7) is 3.33. The second-order valence-electron chi connectivity index (χ2n) is 6.43. The fraction of sp³-hybridized carbons (Fsp3) is 0.222. The van der Waals surface area contributed by atoms with E-state index in [1.54, 1.807) is 44.2 Å². The number of nitriles is 1. The standard InChI is InChI=1S/C18H16BrN5O2/c1-18(2,26)10-21-17(25)13-6-7-14-22-15(16(19)24(14)23-13)12-5-3-4-11(8-12)9-20/h3-8,26H,10H2,1-2H3,(H,21,25). The lowest BCUT2D eigenvalue weighted by Gasteiger charge is -2.17. The van der Waals surface area contributed by atoms with Crippen LogP contribution >= 0.6 is 15.9 Å². The zero-order chi connectivity index (χ0) is 18.9. The number of nitrogens with zero attached hydrogens (tertiary/aromatic N) is 4. The van der Waals surface area contributed by atoms with Gasteiger partial charge in [-0.2, -0.15) is 10.4 Å². The predicted octanol–water partition coefficient (Wildman–Crippen LogP) is 2.53. The Labute approximate surface area is 158 Å². The molecule has 0 fully saturated rings. The van der Waals surface area contributed by atoms with Gasteiger partial charge in [-0.05, 0) is 54.0 Å². The van der Waals surface area contributed by atoms with Gasteiger partial charge in [0.05, 0.1) is 17.2 Å². The van der Waals surface area contributed by atoms with Crippen LogP contribution in [0.3, 0.4) is 0 Å². The number of aromatic nitrogens is 3. The quantitative estimate of drug-likeness (QED) is 0.683. The third-order valence-electron chi connectivity index (χ3n) is 3.60. The highest BCUT2D eigenvalue weighted by Gasteiger charge is 2.18. The molecule has 1 amide bonds. The first-order valence-electron chi connectivity index (χ1n) is 7.85. The molecule has 0 saturated carbocycles. The number of carbonyl (C=O) groups is 1. The van der Waals surface area contributed by atoms with Crippen molar-refractivity contribution in [1.29, 1.82) is 5.26 Å². The van der Waals surface area contributed by atoms with Crippen LogP contribution in [-0.4, -0.2) is 37.8 Å². The van der Waals surface area contributed by atoms with Crippen LogP contribution < -0.4 is 5.32 Å². The monoisotopic (exact) mass is 413 g/mol. The fourth-order valence-corrected chi connectivity index (χ4v) is 2.91. The van der Waals surface area contributed by atoms with E-state index in [0.717, 1.165) is 5.56 Å². The lowest BCUT2D eigenvalue weighted by molar-refractivity contribution is 0.0691. The number of imidazole rings is 1. The zero-order valence-corrected chi connectivity index (χ0v) is 15.8. The molecule has 0 atom stereocenters. The van der Waals surface area contributed by atoms with E-state index in [9.17, 15) is 9.90 Å². The van der Waals surface area contributed by atoms with E-state index < -0.39 is 5.60 Å². The minimum Gasteiger partial charge on any atom is -0.389 e. The minimum absolute atomic E-state index is 0.114. The largest absolute Gasteiger partial charge is 0.389 e. The maximum atomic E-state index is 12.2. The molecule has 0 spiro atoms. The van der Waals surface area contributed by atoms with Crippen LogP contribution in [0, 0.1) is 11.3 Å². The van der Waals surface area contributed by atoms with Gasteiger partial charge in [0, 0.05) is 12.1 Å². The van der Waals surface area contributed by atoms with Crippen molar-refractivity contribution in [3.05, 3.63) is 52.3 Å². The van der Waals surface area contributed by atoms with Crippen molar-refractivity contribution in [2.75, 3.05) is 6.54 Å². The van der Waals surface area contributed by atoms with Crippen molar-refractivity contribution in [2.24, 2.45) is 0 Å². The molecule has 0 aliphatic carbocycles. The van der Waals surface area contributed by atoms with Crippen molar-refractivity contribution in [1.82, 2.24) is 19.9 Å². The number of carbonyl (C=O) groups excluding carboxylic acids is 1. The van der Waals surface area contributed by atoms with E-state index in [1.807, 2.05) is 6.07 Å². The molecule has 8 heteroatoms. The van der Waals surface area contributed by atoms with Gasteiger partial charge in [0.2, 0.25) is 0 Å². The lowest BCUT2D eigenvalue weighted by atomic mass is 10.1. The molecule has 1 aromatic carbocycles. The van der Waals surface area contributed by atoms with Gasteiger partial charge in [0.25, 0.3) is 5.91 Å². The topological polar surface area (TPSA) is 103 Å². The van der Waals surface area contributed by atoms with Crippen molar-refractivity contribution < 1.29 is 9.90 Å². The number of aliphatic hydroxyl groups is 1. The first-order chi connectivity index (χ1) is 12.3. The Kier molecular flexibility index (Phi) is 4.76. The number of rotatable bonds is 4. The van der Waals surface area contributed by atoms with Crippen LogP contribution in [0.4, 0.5) is 0 Å². The summed E-state index contributed by atoms with van der Waals surface area (Å²) in [4.78, 5) is 16.8. The van der Waals surface area contributed by atoms with Gasteiger partial charge in [0.1, 0.15) is 16.0 Å². The summed E-state index contributed by atoms with van der Waals surface area (Å²) in [5, 5.41) is 25.7. The van der Waals surface area contributed by atoms with Crippen molar-refractivity contribution in [3.8, 4) is 17.3 Å². The van der Waals surface area contributed by atoms with E-state index in [2.05, 4.69) is 37.4 Å². The highest BCUT2D eigenvalue weighted by atomic mass is 79.9. The van der Waals surface area contributed by atoms with E-state index in [1.165, 1.54) is 4.52 Å². The number of amides is 1. The smallest absolute Gasteiger partial charge is 0.271 e. The molecule has 0 radical (unpaired) electrons. The summed E-state index contributed by atoms with van der Waals surface area (Å²) in [5.41, 5.74) is 1.70. The van der Waals surface area contributed by atoms with E-state index in [4.69, 9.17) is 5.26 Å². The van der Waals surface area contributed by atoms with Gasteiger partial charge in [-0.3, -0.25) is 4.79 Å². The van der Waals surface area contributed by atoms with E-state index in [-0.39, 0.29) is 18.1 Å². The third kappa shape index (κ3) is 3.74. The van der Waals surface area contributed by atoms with Crippen LogP contribution in [0.25, 0.3) is 16.9 Å². The molecule has 0 unspecified atom stereocenters. The Balaban J connectivity index is 1.97. The summed E-state index contributed by atoms with van der Waals surface area (Å²) in [7, 11) is 0. The fourth-order valence-electron chi connectivity index (χ4n) is 2.33. The normalized spacial score (nSPS) is 11.3. The maximum Gasteiger partial charge on any atom is 0.271 e. The summed E-state index contributed by atoms with van der Waals surface area (Å²) in [5.74, 6) is -0.386. The van der Waals surface area contributed by atoms with Gasteiger partial charge in [-0.1, -0.05) is 12.1 Å². The average molecular weight is 414 g/mol. The SMILES string of the molecule is CC(C)(O)CNC(=O)c1ccc2nc(-c3cccc(C#N)c3)c(Br)n2n1. The molecule has 3 rings (SSSR count). The first kappa shape index (κ1) is 18.0. The second-order valence-corrected chi connectivity index (χ2v) is 7.18. The molecule has 0 aliphatic heterocycles. The second kappa shape index (κ2) is 6.86. The molecule has 7 nitrogen and oxygen atoms in total. The van der Waals surface area contributed by atoms with Crippen molar-refractivity contribution in [3.63, 3.8) is 0 Å². The Bertz CT molecular complexity index is 1030. The molecule has 0 aliphatic rings. The van der Waals surface area contributed by atoms with Crippen molar-refractivity contribution in [2.45, 2.75) is 19.4 Å². The van der Waals surface area contributed by atoms with Gasteiger partial charge < -0.3 is 10.4 Å². The predicted molar refractivity (Wildman–Crippen MR) is 99.5 cm³/mol. The van der Waals surface area contributed by atoms with Crippen LogP contribution in [-0.2, 0) is 0 Å². The lowest BCUT2D eigenvalue weighted by Crippen LogP contribution is -2.38. The highest BCUT2D eigenvalue weighted by molar-refractivity contribution is 9.10. The molecule has 0 saturated heterocycles. The van der Waals surface area contributed by atoms with Crippen LogP contribution in [0.5, 0.6) is 0 Å². The summed E-state index contributed by atoms with van der Waals surface area (Å²) in [6, 6.07) is 12.5. The average Bonchev–Trinajstić information content (AvgIpc) is 2.95. The van der Waals surface area contributed by atoms with E-state index >= 15 is 0 Å². The number of hydrogen-bond donors (Lipinski definition) is 2. The molecular weight excluding hydrogens is 398 g/mol. The number of fused-ring (bicyclic) bond motifs is 1. The van der Waals surface area contributed by atoms with Crippen LogP contribution in [0.15, 0.2) is 41.0 Å². The van der Waals surface area contributed by atoms with E-state index in [0.29, 0.717) is 21.5 Å². The molecular formula is C18H16BrN5O2. The van der Waals surface area contributed by atoms with Crippen LogP contribution in [0.1, 0.15) is 29.9 Å². The Morgan fingerprint density at radius 1 is 1.38 bits per heavy atom. The first-order valence-corrected chi connectivity index (χ1v) is 8.64. The molecule has 2 heterocycles. The third-order valence-corrected chi connectivity index (χ3v) is 4.31. The van der Waals surface area contributed by atoms with Gasteiger partial charge in [-0.15, -0.1) is 0 Å². The molecule has 2 aromatic heterocycles. The number of halogens is 1. The molecule has 26 heavy (non-hydrogen) atoms. The summed E-state index contributed by atoms with van der Waals surface area (Å²) < 4.78 is 2.10. The molecule has 0 bridgehead atoms. The minimum atomic E-state index is -1.01. The van der Waals surface area contributed by atoms with Crippen molar-refractivity contribution >= 4 is 27.5 Å². The summed E-state index contributed by atoms with van der Waals surface area (Å²) in [6.07, 6.45) is 0. The van der Waals surface area contributed by atoms with Gasteiger partial charge in [0.15, 0.2) is 5.65 Å². The Hall–Kier alpha value is -2.76. The molecule has 3 aromatic rings. The maximum absolute atomic E-state index is 12.2. The molecule has 132 valence electrons. The van der Waals surface area contributed by atoms with Gasteiger partial charge >= 0.3 is 0 Å². The number of benzene rings is 1. The Morgan fingerprint density at radius 2 is 2.15 bits per heavy atom. The zero-order valence-electron chi connectivity index (χ0n) is 14.2. The summed E-state index contributed by atoms with van der Waals surface area (Å²) >= 11 is 3.47. The highest BCUT2D eigenvalue weighted by Crippen LogP contribution is 2.28. The number of nitrogens with one attached hydrogen (secondary N) is 1. The number of hydrogen-bond acceptors (Lipinski definition) is 5. The van der Waals surface area contributed by atoms with Gasteiger partial charge in [-0.25, -0.2) is 9.50 Å².